The molecular weight excluding hydrogens is 431 g/mol. The maximum absolute atomic E-state index is 12.1. The number of nitrogens with one attached hydrogen (secondary N) is 3. The first-order valence-corrected chi connectivity index (χ1v) is 10.4. The molecule has 0 aliphatic carbocycles. The Kier molecular flexibility index (Phi) is 7.27. The molecule has 1 saturated heterocycles. The Morgan fingerprint density at radius 1 is 1.27 bits per heavy atom. The van der Waals surface area contributed by atoms with Crippen molar-refractivity contribution in [2.75, 3.05) is 43.1 Å². The first-order valence-electron chi connectivity index (χ1n) is 9.64. The summed E-state index contributed by atoms with van der Waals surface area (Å²) in [5, 5.41) is 14.3. The van der Waals surface area contributed by atoms with Crippen molar-refractivity contribution in [3.63, 3.8) is 0 Å². The lowest BCUT2D eigenvalue weighted by molar-refractivity contribution is 0.0525. The van der Waals surface area contributed by atoms with E-state index in [2.05, 4.69) is 25.8 Å². The highest BCUT2D eigenvalue weighted by Crippen LogP contribution is 2.26. The largest absolute Gasteiger partial charge is 0.444 e. The molecule has 0 saturated carbocycles. The first kappa shape index (κ1) is 22.5. The van der Waals surface area contributed by atoms with E-state index in [0.29, 0.717) is 40.7 Å². The Bertz CT molecular complexity index is 844. The molecule has 3 N–H and O–H groups in total. The average molecular weight is 457 g/mol. The summed E-state index contributed by atoms with van der Waals surface area (Å²) < 4.78 is 10.7. The van der Waals surface area contributed by atoms with E-state index in [-0.39, 0.29) is 6.54 Å². The zero-order valence-electron chi connectivity index (χ0n) is 17.2. The quantitative estimate of drug-likeness (QED) is 0.609. The van der Waals surface area contributed by atoms with Crippen molar-refractivity contribution in [3.8, 4) is 0 Å². The van der Waals surface area contributed by atoms with E-state index in [4.69, 9.17) is 32.7 Å². The van der Waals surface area contributed by atoms with Crippen LogP contribution in [-0.2, 0) is 9.47 Å². The number of ether oxygens (including phenoxy) is 2. The average Bonchev–Trinajstić information content (AvgIpc) is 3.14. The molecule has 164 valence electrons. The number of nitrogens with zero attached hydrogens (tertiary/aromatic N) is 3. The molecule has 0 spiro atoms. The number of carbonyl (C=O) groups is 1. The van der Waals surface area contributed by atoms with Gasteiger partial charge < -0.3 is 25.0 Å². The zero-order valence-corrected chi connectivity index (χ0v) is 18.7. The van der Waals surface area contributed by atoms with Gasteiger partial charge in [-0.25, -0.2) is 4.79 Å². The summed E-state index contributed by atoms with van der Waals surface area (Å²) in [4.78, 5) is 18.8. The van der Waals surface area contributed by atoms with Crippen LogP contribution in [0.2, 0.25) is 10.0 Å². The zero-order chi connectivity index (χ0) is 21.7. The van der Waals surface area contributed by atoms with Gasteiger partial charge in [0.1, 0.15) is 11.6 Å². The van der Waals surface area contributed by atoms with Crippen LogP contribution >= 0.6 is 23.2 Å². The van der Waals surface area contributed by atoms with Crippen LogP contribution in [0, 0.1) is 0 Å². The Morgan fingerprint density at radius 3 is 2.57 bits per heavy atom. The van der Waals surface area contributed by atoms with Crippen LogP contribution < -0.4 is 15.5 Å². The maximum atomic E-state index is 12.1. The molecule has 2 heterocycles. The number of rotatable bonds is 6. The summed E-state index contributed by atoms with van der Waals surface area (Å²) in [6, 6.07) is 4.71. The molecule has 1 aliphatic heterocycles. The van der Waals surface area contributed by atoms with Gasteiger partial charge in [-0.3, -0.25) is 5.10 Å². The fraction of sp³-hybridized carbons (Fsp3) is 0.526. The molecule has 3 rings (SSSR count). The van der Waals surface area contributed by atoms with Gasteiger partial charge in [0.25, 0.3) is 0 Å². The fourth-order valence-corrected chi connectivity index (χ4v) is 3.41. The number of anilines is 2. The van der Waals surface area contributed by atoms with Crippen LogP contribution in [0.1, 0.15) is 32.6 Å². The van der Waals surface area contributed by atoms with Crippen molar-refractivity contribution < 1.29 is 14.3 Å². The van der Waals surface area contributed by atoms with E-state index in [9.17, 15) is 4.79 Å². The number of alkyl carbamates (subject to hydrolysis) is 1. The molecule has 1 atom stereocenters. The van der Waals surface area contributed by atoms with Gasteiger partial charge >= 0.3 is 6.09 Å². The molecular formula is C19H26Cl2N6O3. The van der Waals surface area contributed by atoms with Crippen LogP contribution in [-0.4, -0.2) is 59.7 Å². The van der Waals surface area contributed by atoms with E-state index in [1.54, 1.807) is 39.0 Å². The molecule has 30 heavy (non-hydrogen) atoms. The number of H-pyrrole nitrogens is 1. The third-order valence-corrected chi connectivity index (χ3v) is 4.60. The van der Waals surface area contributed by atoms with E-state index in [0.717, 1.165) is 13.1 Å². The van der Waals surface area contributed by atoms with Crippen LogP contribution in [0.5, 0.6) is 0 Å². The highest BCUT2D eigenvalue weighted by Gasteiger charge is 2.23. The van der Waals surface area contributed by atoms with Gasteiger partial charge in [-0.15, -0.1) is 5.10 Å². The minimum Gasteiger partial charge on any atom is -0.444 e. The van der Waals surface area contributed by atoms with Gasteiger partial charge in [0.15, 0.2) is 5.82 Å². The number of halogens is 2. The Balaban J connectivity index is 1.76. The van der Waals surface area contributed by atoms with Crippen LogP contribution in [0.25, 0.3) is 0 Å². The van der Waals surface area contributed by atoms with Crippen LogP contribution in [0.4, 0.5) is 16.4 Å². The number of hydrogen-bond acceptors (Lipinski definition) is 7. The van der Waals surface area contributed by atoms with Gasteiger partial charge in [0.2, 0.25) is 5.95 Å². The van der Waals surface area contributed by atoms with Crippen molar-refractivity contribution in [2.45, 2.75) is 32.4 Å². The highest BCUT2D eigenvalue weighted by atomic mass is 35.5. The molecule has 1 aromatic heterocycles. The van der Waals surface area contributed by atoms with E-state index in [1.807, 2.05) is 4.90 Å². The molecule has 0 bridgehead atoms. The predicted molar refractivity (Wildman–Crippen MR) is 116 cm³/mol. The SMILES string of the molecule is CC(C)(C)OC(=O)NCC(Nc1cc(Cl)cc(Cl)c1)c1nc(N2CCOCC2)n[nH]1. The number of amides is 1. The molecule has 1 aliphatic rings. The second kappa shape index (κ2) is 9.72. The Morgan fingerprint density at radius 2 is 1.93 bits per heavy atom. The normalized spacial score (nSPS) is 15.6. The first-order chi connectivity index (χ1) is 14.2. The summed E-state index contributed by atoms with van der Waals surface area (Å²) >= 11 is 12.2. The molecule has 1 fully saturated rings. The smallest absolute Gasteiger partial charge is 0.407 e. The topological polar surface area (TPSA) is 104 Å². The molecule has 2 aromatic rings. The van der Waals surface area contributed by atoms with Gasteiger partial charge in [0.05, 0.1) is 13.2 Å². The van der Waals surface area contributed by atoms with Crippen LogP contribution in [0.15, 0.2) is 18.2 Å². The predicted octanol–water partition coefficient (Wildman–Crippen LogP) is 3.63. The third-order valence-electron chi connectivity index (χ3n) is 4.17. The second-order valence-electron chi connectivity index (χ2n) is 7.86. The minimum atomic E-state index is -0.594. The van der Waals surface area contributed by atoms with Gasteiger partial charge in [-0.05, 0) is 39.0 Å². The van der Waals surface area contributed by atoms with E-state index < -0.39 is 17.7 Å². The minimum absolute atomic E-state index is 0.205. The summed E-state index contributed by atoms with van der Waals surface area (Å²) in [7, 11) is 0. The number of hydrogen-bond donors (Lipinski definition) is 3. The van der Waals surface area contributed by atoms with Crippen molar-refractivity contribution in [3.05, 3.63) is 34.1 Å². The molecule has 1 amide bonds. The standard InChI is InChI=1S/C19H26Cl2N6O3/c1-19(2,3)30-18(28)22-11-15(23-14-9-12(20)8-13(21)10-14)16-24-17(26-25-16)27-4-6-29-7-5-27/h8-10,15,23H,4-7,11H2,1-3H3,(H,22,28)(H,24,25,26). The van der Waals surface area contributed by atoms with Crippen molar-refractivity contribution in [2.24, 2.45) is 0 Å². The number of morpholine rings is 1. The number of aromatic nitrogens is 3. The summed E-state index contributed by atoms with van der Waals surface area (Å²) in [5.41, 5.74) is 0.0938. The summed E-state index contributed by atoms with van der Waals surface area (Å²) in [5.74, 6) is 1.14. The van der Waals surface area contributed by atoms with Crippen LogP contribution in [0.3, 0.4) is 0 Å². The van der Waals surface area contributed by atoms with Crippen molar-refractivity contribution in [1.29, 1.82) is 0 Å². The molecule has 1 aromatic carbocycles. The molecule has 1 unspecified atom stereocenters. The number of aromatic amines is 1. The third kappa shape index (κ3) is 6.65. The Labute approximate surface area is 185 Å². The molecule has 11 heteroatoms. The number of carbonyl (C=O) groups excluding carboxylic acids is 1. The van der Waals surface area contributed by atoms with E-state index >= 15 is 0 Å². The summed E-state index contributed by atoms with van der Waals surface area (Å²) in [6.07, 6.45) is -0.522. The second-order valence-corrected chi connectivity index (χ2v) is 8.73. The lowest BCUT2D eigenvalue weighted by Crippen LogP contribution is -2.37. The van der Waals surface area contributed by atoms with Crippen molar-refractivity contribution >= 4 is 40.9 Å². The number of benzene rings is 1. The van der Waals surface area contributed by atoms with Gasteiger partial charge in [0, 0.05) is 35.4 Å². The molecule has 0 radical (unpaired) electrons. The van der Waals surface area contributed by atoms with E-state index in [1.165, 1.54) is 0 Å². The highest BCUT2D eigenvalue weighted by molar-refractivity contribution is 6.35. The Hall–Kier alpha value is -2.23. The maximum Gasteiger partial charge on any atom is 0.407 e. The fourth-order valence-electron chi connectivity index (χ4n) is 2.88. The molecule has 9 nitrogen and oxygen atoms in total. The summed E-state index contributed by atoms with van der Waals surface area (Å²) in [6.45, 7) is 8.32. The monoisotopic (exact) mass is 456 g/mol. The lowest BCUT2D eigenvalue weighted by Gasteiger charge is -2.25. The van der Waals surface area contributed by atoms with Crippen molar-refractivity contribution in [1.82, 2.24) is 20.5 Å². The van der Waals surface area contributed by atoms with Gasteiger partial charge in [-0.1, -0.05) is 23.2 Å². The lowest BCUT2D eigenvalue weighted by atomic mass is 10.2. The van der Waals surface area contributed by atoms with Gasteiger partial charge in [-0.2, -0.15) is 4.98 Å².